The molecule has 0 atom stereocenters. The Balaban J connectivity index is 2.04. The van der Waals surface area contributed by atoms with Crippen molar-refractivity contribution in [3.05, 3.63) is 71.8 Å². The van der Waals surface area contributed by atoms with E-state index >= 15 is 0 Å². The number of hydrogen-bond acceptors (Lipinski definition) is 3. The van der Waals surface area contributed by atoms with Gasteiger partial charge in [0.1, 0.15) is 0 Å². The first-order chi connectivity index (χ1) is 12.5. The molecule has 2 amide bonds. The van der Waals surface area contributed by atoms with Crippen LogP contribution in [0.1, 0.15) is 37.3 Å². The van der Waals surface area contributed by atoms with E-state index in [1.807, 2.05) is 74.5 Å². The van der Waals surface area contributed by atoms with E-state index in [0.29, 0.717) is 6.42 Å². The Morgan fingerprint density at radius 2 is 1.38 bits per heavy atom. The van der Waals surface area contributed by atoms with E-state index in [2.05, 4.69) is 16.2 Å². The van der Waals surface area contributed by atoms with Gasteiger partial charge in [-0.15, -0.1) is 0 Å². The second-order valence-corrected chi connectivity index (χ2v) is 6.75. The predicted molar refractivity (Wildman–Crippen MR) is 106 cm³/mol. The summed E-state index contributed by atoms with van der Waals surface area (Å²) in [5.74, 6) is -0.704. The number of hydrazine groups is 1. The molecule has 0 aromatic heterocycles. The van der Waals surface area contributed by atoms with Gasteiger partial charge in [0.25, 0.3) is 0 Å². The number of carbonyl (C=O) groups is 2. The van der Waals surface area contributed by atoms with Gasteiger partial charge >= 0.3 is 0 Å². The minimum absolute atomic E-state index is 0.0730. The average Bonchev–Trinajstić information content (AvgIpc) is 2.61. The first kappa shape index (κ1) is 19.6. The van der Waals surface area contributed by atoms with Crippen LogP contribution in [0.15, 0.2) is 60.7 Å². The summed E-state index contributed by atoms with van der Waals surface area (Å²) >= 11 is 5.06. The van der Waals surface area contributed by atoms with Crippen molar-refractivity contribution < 1.29 is 9.59 Å². The highest BCUT2D eigenvalue weighted by Gasteiger charge is 2.22. The SMILES string of the molecule is CC(C)CC(=O)NC(=S)NNC(=O)C(c1ccccc1)c1ccccc1. The average molecular weight is 369 g/mol. The molecule has 0 saturated carbocycles. The summed E-state index contributed by atoms with van der Waals surface area (Å²) in [6.45, 7) is 3.89. The lowest BCUT2D eigenvalue weighted by atomic mass is 9.91. The molecule has 0 saturated heterocycles. The van der Waals surface area contributed by atoms with Gasteiger partial charge in [-0.25, -0.2) is 0 Å². The fraction of sp³-hybridized carbons (Fsp3) is 0.250. The summed E-state index contributed by atoms with van der Waals surface area (Å²) in [7, 11) is 0. The molecule has 6 heteroatoms. The van der Waals surface area contributed by atoms with E-state index in [0.717, 1.165) is 11.1 Å². The first-order valence-electron chi connectivity index (χ1n) is 8.47. The lowest BCUT2D eigenvalue weighted by Gasteiger charge is -2.19. The summed E-state index contributed by atoms with van der Waals surface area (Å²) in [5, 5.41) is 2.62. The number of amides is 2. The molecule has 5 nitrogen and oxygen atoms in total. The molecule has 2 aromatic rings. The molecule has 0 unspecified atom stereocenters. The standard InChI is InChI=1S/C20H23N3O2S/c1-14(2)13-17(24)21-20(26)23-22-19(25)18(15-9-5-3-6-10-15)16-11-7-4-8-12-16/h3-12,14,18H,13H2,1-2H3,(H,22,25)(H2,21,23,24,26). The number of benzene rings is 2. The quantitative estimate of drug-likeness (QED) is 0.560. The van der Waals surface area contributed by atoms with Crippen LogP contribution in [-0.4, -0.2) is 16.9 Å². The Hall–Kier alpha value is -2.73. The van der Waals surface area contributed by atoms with Crippen LogP contribution in [-0.2, 0) is 9.59 Å². The lowest BCUT2D eigenvalue weighted by Crippen LogP contribution is -2.50. The second kappa shape index (κ2) is 9.68. The monoisotopic (exact) mass is 369 g/mol. The van der Waals surface area contributed by atoms with Gasteiger partial charge in [-0.05, 0) is 29.3 Å². The maximum atomic E-state index is 12.8. The summed E-state index contributed by atoms with van der Waals surface area (Å²) in [4.78, 5) is 24.5. The molecular formula is C20H23N3O2S. The zero-order valence-corrected chi connectivity index (χ0v) is 15.7. The third kappa shape index (κ3) is 5.97. The van der Waals surface area contributed by atoms with Gasteiger partial charge < -0.3 is 5.32 Å². The summed E-state index contributed by atoms with van der Waals surface area (Å²) in [6.07, 6.45) is 0.367. The number of thiocarbonyl (C=S) groups is 1. The van der Waals surface area contributed by atoms with Crippen LogP contribution in [0.5, 0.6) is 0 Å². The van der Waals surface area contributed by atoms with E-state index in [9.17, 15) is 9.59 Å². The van der Waals surface area contributed by atoms with E-state index in [1.165, 1.54) is 0 Å². The zero-order chi connectivity index (χ0) is 18.9. The van der Waals surface area contributed by atoms with Crippen molar-refractivity contribution in [2.45, 2.75) is 26.2 Å². The Morgan fingerprint density at radius 1 is 0.885 bits per heavy atom. The van der Waals surface area contributed by atoms with Gasteiger partial charge in [0.05, 0.1) is 5.92 Å². The molecule has 0 bridgehead atoms. The molecule has 2 aromatic carbocycles. The van der Waals surface area contributed by atoms with Gasteiger partial charge in [0.2, 0.25) is 11.8 Å². The number of carbonyl (C=O) groups excluding carboxylic acids is 2. The van der Waals surface area contributed by atoms with Crippen LogP contribution in [0.3, 0.4) is 0 Å². The van der Waals surface area contributed by atoms with Crippen LogP contribution >= 0.6 is 12.2 Å². The molecule has 0 heterocycles. The topological polar surface area (TPSA) is 70.2 Å². The van der Waals surface area contributed by atoms with Crippen LogP contribution in [0.4, 0.5) is 0 Å². The number of nitrogens with one attached hydrogen (secondary N) is 3. The minimum Gasteiger partial charge on any atom is -0.302 e. The highest BCUT2D eigenvalue weighted by molar-refractivity contribution is 7.80. The lowest BCUT2D eigenvalue weighted by molar-refractivity contribution is -0.123. The van der Waals surface area contributed by atoms with Gasteiger partial charge in [-0.1, -0.05) is 74.5 Å². The Labute approximate surface area is 159 Å². The Bertz CT molecular complexity index is 709. The van der Waals surface area contributed by atoms with Crippen LogP contribution in [0.2, 0.25) is 0 Å². The summed E-state index contributed by atoms with van der Waals surface area (Å²) in [5.41, 5.74) is 6.94. The van der Waals surface area contributed by atoms with Crippen molar-refractivity contribution in [2.75, 3.05) is 0 Å². The Kier molecular flexibility index (Phi) is 7.29. The van der Waals surface area contributed by atoms with Gasteiger partial charge in [0, 0.05) is 6.42 Å². The molecule has 0 fully saturated rings. The number of rotatable bonds is 5. The van der Waals surface area contributed by atoms with Gasteiger partial charge in [-0.3, -0.25) is 20.4 Å². The van der Waals surface area contributed by atoms with E-state index in [-0.39, 0.29) is 22.8 Å². The Morgan fingerprint density at radius 3 is 1.85 bits per heavy atom. The molecule has 0 spiro atoms. The molecule has 0 radical (unpaired) electrons. The molecule has 3 N–H and O–H groups in total. The summed E-state index contributed by atoms with van der Waals surface area (Å²) < 4.78 is 0. The molecule has 26 heavy (non-hydrogen) atoms. The van der Waals surface area contributed by atoms with Crippen molar-refractivity contribution in [1.29, 1.82) is 0 Å². The molecular weight excluding hydrogens is 346 g/mol. The van der Waals surface area contributed by atoms with Crippen molar-refractivity contribution >= 4 is 29.1 Å². The summed E-state index contributed by atoms with van der Waals surface area (Å²) in [6, 6.07) is 19.0. The molecule has 0 aliphatic carbocycles. The fourth-order valence-corrected chi connectivity index (χ4v) is 2.72. The first-order valence-corrected chi connectivity index (χ1v) is 8.87. The molecule has 0 aliphatic rings. The second-order valence-electron chi connectivity index (χ2n) is 6.34. The molecule has 2 rings (SSSR count). The third-order valence-corrected chi connectivity index (χ3v) is 3.88. The van der Waals surface area contributed by atoms with Crippen LogP contribution in [0, 0.1) is 5.92 Å². The normalized spacial score (nSPS) is 10.5. The van der Waals surface area contributed by atoms with E-state index in [1.54, 1.807) is 0 Å². The van der Waals surface area contributed by atoms with Crippen molar-refractivity contribution in [1.82, 2.24) is 16.2 Å². The van der Waals surface area contributed by atoms with Crippen LogP contribution < -0.4 is 16.2 Å². The van der Waals surface area contributed by atoms with Crippen molar-refractivity contribution in [2.24, 2.45) is 5.92 Å². The predicted octanol–water partition coefficient (Wildman–Crippen LogP) is 2.89. The van der Waals surface area contributed by atoms with E-state index < -0.39 is 5.92 Å². The van der Waals surface area contributed by atoms with Gasteiger partial charge in [-0.2, -0.15) is 0 Å². The largest absolute Gasteiger partial charge is 0.302 e. The van der Waals surface area contributed by atoms with Gasteiger partial charge in [0.15, 0.2) is 5.11 Å². The molecule has 0 aliphatic heterocycles. The fourth-order valence-electron chi connectivity index (χ4n) is 2.56. The number of hydrogen-bond donors (Lipinski definition) is 3. The van der Waals surface area contributed by atoms with E-state index in [4.69, 9.17) is 12.2 Å². The third-order valence-electron chi connectivity index (χ3n) is 3.67. The van der Waals surface area contributed by atoms with Crippen molar-refractivity contribution in [3.8, 4) is 0 Å². The highest BCUT2D eigenvalue weighted by Crippen LogP contribution is 2.24. The van der Waals surface area contributed by atoms with Crippen LogP contribution in [0.25, 0.3) is 0 Å². The molecule has 136 valence electrons. The maximum absolute atomic E-state index is 12.8. The minimum atomic E-state index is -0.487. The van der Waals surface area contributed by atoms with Crippen molar-refractivity contribution in [3.63, 3.8) is 0 Å². The zero-order valence-electron chi connectivity index (χ0n) is 14.9. The highest BCUT2D eigenvalue weighted by atomic mass is 32.1. The maximum Gasteiger partial charge on any atom is 0.250 e. The smallest absolute Gasteiger partial charge is 0.250 e.